The molecule has 0 amide bonds. The molecule has 0 aliphatic heterocycles. The highest BCUT2D eigenvalue weighted by Crippen LogP contribution is 2.30. The summed E-state index contributed by atoms with van der Waals surface area (Å²) in [7, 11) is 0. The third-order valence-corrected chi connectivity index (χ3v) is 3.22. The van der Waals surface area contributed by atoms with Crippen molar-refractivity contribution >= 4 is 28.9 Å². The van der Waals surface area contributed by atoms with Gasteiger partial charge in [0.25, 0.3) is 0 Å². The molecule has 1 aromatic heterocycles. The van der Waals surface area contributed by atoms with Gasteiger partial charge < -0.3 is 15.2 Å². The number of hydrogen-bond donors (Lipinski definition) is 2. The second-order valence-electron chi connectivity index (χ2n) is 4.56. The van der Waals surface area contributed by atoms with Gasteiger partial charge in [0.05, 0.1) is 16.4 Å². The first-order valence-electron chi connectivity index (χ1n) is 6.71. The molecule has 4 N–H and O–H groups in total. The maximum Gasteiger partial charge on any atom is 0.387 e. The smallest absolute Gasteiger partial charge is 0.387 e. The number of ether oxygens (including phenoxy) is 2. The van der Waals surface area contributed by atoms with Crippen LogP contribution in [-0.4, -0.2) is 23.2 Å². The van der Waals surface area contributed by atoms with E-state index < -0.39 is 6.61 Å². The van der Waals surface area contributed by atoms with E-state index in [0.717, 1.165) is 5.01 Å². The van der Waals surface area contributed by atoms with Crippen LogP contribution >= 0.6 is 23.2 Å². The van der Waals surface area contributed by atoms with Gasteiger partial charge in [0.1, 0.15) is 17.5 Å². The molecule has 11 heteroatoms. The van der Waals surface area contributed by atoms with E-state index in [4.69, 9.17) is 39.5 Å². The lowest BCUT2D eigenvalue weighted by Crippen LogP contribution is -2.27. The van der Waals surface area contributed by atoms with E-state index in [0.29, 0.717) is 5.69 Å². The Morgan fingerprint density at radius 2 is 2.08 bits per heavy atom. The maximum absolute atomic E-state index is 12.3. The van der Waals surface area contributed by atoms with Gasteiger partial charge >= 0.3 is 12.6 Å². The van der Waals surface area contributed by atoms with Gasteiger partial charge in [-0.05, 0) is 18.2 Å². The normalized spacial score (nSPS) is 11.5. The molecule has 0 spiro atoms. The molecule has 7 nitrogen and oxygen atoms in total. The maximum atomic E-state index is 12.3. The number of aromatic nitrogens is 2. The molecule has 0 aliphatic rings. The lowest BCUT2D eigenvalue weighted by atomic mass is 10.3. The van der Waals surface area contributed by atoms with Crippen LogP contribution in [0.25, 0.3) is 0 Å². The van der Waals surface area contributed by atoms with Gasteiger partial charge in [-0.2, -0.15) is 13.8 Å². The second-order valence-corrected chi connectivity index (χ2v) is 5.35. The van der Waals surface area contributed by atoms with Crippen molar-refractivity contribution in [3.8, 4) is 11.8 Å². The summed E-state index contributed by atoms with van der Waals surface area (Å²) in [6.45, 7) is -3.08. The van der Waals surface area contributed by atoms with Crippen LogP contribution in [0.15, 0.2) is 42.4 Å². The van der Waals surface area contributed by atoms with E-state index in [1.165, 1.54) is 36.7 Å². The van der Waals surface area contributed by atoms with Crippen molar-refractivity contribution in [1.82, 2.24) is 9.97 Å². The van der Waals surface area contributed by atoms with E-state index in [2.05, 4.69) is 14.7 Å². The van der Waals surface area contributed by atoms with Gasteiger partial charge in [-0.15, -0.1) is 0 Å². The summed E-state index contributed by atoms with van der Waals surface area (Å²) < 4.78 is 34.2. The Bertz CT molecular complexity index is 764. The minimum atomic E-state index is -3.01. The number of hydrogen-bond acceptors (Lipinski definition) is 7. The number of hydrazine groups is 1. The van der Waals surface area contributed by atoms with Crippen LogP contribution in [0.1, 0.15) is 0 Å². The molecule has 0 aliphatic carbocycles. The Hall–Kier alpha value is -2.36. The predicted molar refractivity (Wildman–Crippen MR) is 89.6 cm³/mol. The van der Waals surface area contributed by atoms with Crippen LogP contribution in [0, 0.1) is 0 Å². The molecular weight excluding hydrogens is 379 g/mol. The summed E-state index contributed by atoms with van der Waals surface area (Å²) in [4.78, 5) is 7.68. The van der Waals surface area contributed by atoms with E-state index >= 15 is 0 Å². The Kier molecular flexibility index (Phi) is 6.57. The first-order chi connectivity index (χ1) is 11.8. The molecule has 1 aromatic carbocycles. The van der Waals surface area contributed by atoms with E-state index in [-0.39, 0.29) is 34.2 Å². The van der Waals surface area contributed by atoms with Gasteiger partial charge in [-0.3, -0.25) is 5.01 Å². The number of halogens is 4. The summed E-state index contributed by atoms with van der Waals surface area (Å²) >= 11 is 11.5. The Morgan fingerprint density at radius 3 is 2.76 bits per heavy atom. The molecule has 25 heavy (non-hydrogen) atoms. The monoisotopic (exact) mass is 391 g/mol. The summed E-state index contributed by atoms with van der Waals surface area (Å²) in [5.74, 6) is 5.61. The summed E-state index contributed by atoms with van der Waals surface area (Å²) in [5.41, 5.74) is 6.34. The molecule has 0 radical (unpaired) electrons. The standard InChI is InChI=1S/C14H13Cl2F2N5O2/c15-10-2-1-9(5-11(10)25-13(17)18)23(20)6-8(19)7-24-14-21-4-3-12(16)22-14/h1-6,13H,7,19-20H2/b8-6-. The predicted octanol–water partition coefficient (Wildman–Crippen LogP) is 2.94. The topological polar surface area (TPSA) is 99.5 Å². The van der Waals surface area contributed by atoms with E-state index in [1.54, 1.807) is 0 Å². The lowest BCUT2D eigenvalue weighted by molar-refractivity contribution is -0.0497. The van der Waals surface area contributed by atoms with Crippen LogP contribution in [0.3, 0.4) is 0 Å². The fraction of sp³-hybridized carbons (Fsp3) is 0.143. The molecule has 0 unspecified atom stereocenters. The highest BCUT2D eigenvalue weighted by Gasteiger charge is 2.11. The number of nitrogens with two attached hydrogens (primary N) is 2. The molecule has 0 saturated carbocycles. The van der Waals surface area contributed by atoms with Crippen LogP contribution in [0.2, 0.25) is 10.2 Å². The van der Waals surface area contributed by atoms with Gasteiger partial charge in [0.2, 0.25) is 0 Å². The highest BCUT2D eigenvalue weighted by molar-refractivity contribution is 6.32. The van der Waals surface area contributed by atoms with Gasteiger partial charge in [-0.25, -0.2) is 10.8 Å². The number of anilines is 1. The lowest BCUT2D eigenvalue weighted by Gasteiger charge is -2.17. The van der Waals surface area contributed by atoms with Crippen LogP contribution in [-0.2, 0) is 0 Å². The number of benzene rings is 1. The van der Waals surface area contributed by atoms with Crippen molar-refractivity contribution < 1.29 is 18.3 Å². The molecule has 0 fully saturated rings. The molecule has 0 saturated heterocycles. The van der Waals surface area contributed by atoms with Gasteiger partial charge in [0, 0.05) is 18.5 Å². The van der Waals surface area contributed by atoms with E-state index in [9.17, 15) is 8.78 Å². The number of nitrogens with zero attached hydrogens (tertiary/aromatic N) is 3. The minimum Gasteiger partial charge on any atom is -0.457 e. The summed E-state index contributed by atoms with van der Waals surface area (Å²) in [5, 5.41) is 1.35. The van der Waals surface area contributed by atoms with Crippen LogP contribution in [0.4, 0.5) is 14.5 Å². The quantitative estimate of drug-likeness (QED) is 0.425. The van der Waals surface area contributed by atoms with Crippen molar-refractivity contribution in [3.63, 3.8) is 0 Å². The second kappa shape index (κ2) is 8.65. The van der Waals surface area contributed by atoms with Crippen molar-refractivity contribution in [3.05, 3.63) is 52.5 Å². The van der Waals surface area contributed by atoms with Crippen LogP contribution in [0.5, 0.6) is 11.8 Å². The minimum absolute atomic E-state index is 0.0239. The van der Waals surface area contributed by atoms with Crippen molar-refractivity contribution in [2.24, 2.45) is 11.6 Å². The molecule has 0 atom stereocenters. The Balaban J connectivity index is 2.04. The van der Waals surface area contributed by atoms with Crippen molar-refractivity contribution in [2.75, 3.05) is 11.6 Å². The third kappa shape index (κ3) is 5.89. The SMILES string of the molecule is N/C(=C\N(N)c1ccc(Cl)c(OC(F)F)c1)COc1nccc(Cl)n1. The zero-order valence-corrected chi connectivity index (χ0v) is 14.1. The Labute approximate surface area is 151 Å². The average molecular weight is 392 g/mol. The molecular formula is C14H13Cl2F2N5O2. The van der Waals surface area contributed by atoms with Gasteiger partial charge in [0.15, 0.2) is 0 Å². The number of alkyl halides is 2. The van der Waals surface area contributed by atoms with Crippen molar-refractivity contribution in [2.45, 2.75) is 6.61 Å². The van der Waals surface area contributed by atoms with Gasteiger partial charge in [-0.1, -0.05) is 23.2 Å². The zero-order chi connectivity index (χ0) is 18.4. The third-order valence-electron chi connectivity index (χ3n) is 2.70. The highest BCUT2D eigenvalue weighted by atomic mass is 35.5. The van der Waals surface area contributed by atoms with Crippen LogP contribution < -0.4 is 26.1 Å². The number of rotatable bonds is 7. The first-order valence-corrected chi connectivity index (χ1v) is 7.46. The molecule has 1 heterocycles. The summed E-state index contributed by atoms with van der Waals surface area (Å²) in [6, 6.07) is 5.67. The molecule has 2 aromatic rings. The van der Waals surface area contributed by atoms with Crippen molar-refractivity contribution in [1.29, 1.82) is 0 Å². The molecule has 2 rings (SSSR count). The fourth-order valence-electron chi connectivity index (χ4n) is 1.67. The van der Waals surface area contributed by atoms with E-state index in [1.807, 2.05) is 0 Å². The molecule has 134 valence electrons. The largest absolute Gasteiger partial charge is 0.457 e. The fourth-order valence-corrected chi connectivity index (χ4v) is 1.96. The first kappa shape index (κ1) is 19.0. The zero-order valence-electron chi connectivity index (χ0n) is 12.6. The summed E-state index contributed by atoms with van der Waals surface area (Å²) in [6.07, 6.45) is 2.76. The molecule has 0 bridgehead atoms. The Morgan fingerprint density at radius 1 is 1.32 bits per heavy atom. The average Bonchev–Trinajstić information content (AvgIpc) is 2.54.